The van der Waals surface area contributed by atoms with Crippen LogP contribution in [0.25, 0.3) is 0 Å². The van der Waals surface area contributed by atoms with Crippen molar-refractivity contribution in [3.63, 3.8) is 0 Å². The molecular formula is C22H39IN4O2. The molecule has 0 aromatic carbocycles. The third kappa shape index (κ3) is 9.51. The number of likely N-dealkylation sites (tertiary alicyclic amines) is 1. The SMILES string of the molecule is CCNC(=NCc1ccnc(OC(C)CC(C)C)c1)N1CCC(COCC)C1.I. The lowest BCUT2D eigenvalue weighted by atomic mass is 10.1. The van der Waals surface area contributed by atoms with E-state index in [1.54, 1.807) is 0 Å². The van der Waals surface area contributed by atoms with Crippen molar-refractivity contribution >= 4 is 29.9 Å². The van der Waals surface area contributed by atoms with E-state index in [0.717, 1.165) is 57.2 Å². The maximum absolute atomic E-state index is 5.97. The molecule has 2 unspecified atom stereocenters. The van der Waals surface area contributed by atoms with E-state index in [4.69, 9.17) is 14.5 Å². The Hall–Kier alpha value is -1.09. The van der Waals surface area contributed by atoms with Crippen LogP contribution in [-0.4, -0.2) is 54.8 Å². The standard InChI is InChI=1S/C22H38N4O2.HI/c1-6-23-22(26-11-9-20(15-26)16-27-7-2)25-14-19-8-10-24-21(13-19)28-18(5)12-17(3)4;/h8,10,13,17-18,20H,6-7,9,11-12,14-16H2,1-5H3,(H,23,25);1H. The van der Waals surface area contributed by atoms with Gasteiger partial charge < -0.3 is 19.7 Å². The minimum atomic E-state index is 0. The van der Waals surface area contributed by atoms with Gasteiger partial charge in [0.1, 0.15) is 0 Å². The summed E-state index contributed by atoms with van der Waals surface area (Å²) in [6.07, 6.45) is 4.15. The van der Waals surface area contributed by atoms with Crippen LogP contribution in [0.15, 0.2) is 23.3 Å². The zero-order valence-corrected chi connectivity index (χ0v) is 21.0. The van der Waals surface area contributed by atoms with E-state index >= 15 is 0 Å². The summed E-state index contributed by atoms with van der Waals surface area (Å²) in [7, 11) is 0. The van der Waals surface area contributed by atoms with Crippen molar-refractivity contribution < 1.29 is 9.47 Å². The molecule has 2 heterocycles. The zero-order valence-electron chi connectivity index (χ0n) is 18.7. The Kier molecular flexibility index (Phi) is 12.5. The van der Waals surface area contributed by atoms with Gasteiger partial charge in [-0.2, -0.15) is 0 Å². The average Bonchev–Trinajstić information content (AvgIpc) is 3.11. The Balaban J connectivity index is 0.00000420. The van der Waals surface area contributed by atoms with Gasteiger partial charge in [-0.05, 0) is 51.2 Å². The molecule has 1 fully saturated rings. The predicted molar refractivity (Wildman–Crippen MR) is 130 cm³/mol. The van der Waals surface area contributed by atoms with Gasteiger partial charge in [0.2, 0.25) is 5.88 Å². The lowest BCUT2D eigenvalue weighted by Gasteiger charge is -2.21. The second-order valence-electron chi connectivity index (χ2n) is 7.99. The number of halogens is 1. The van der Waals surface area contributed by atoms with Gasteiger partial charge in [0.05, 0.1) is 19.3 Å². The fraction of sp³-hybridized carbons (Fsp3) is 0.727. The highest BCUT2D eigenvalue weighted by atomic mass is 127. The maximum atomic E-state index is 5.97. The molecular weight excluding hydrogens is 479 g/mol. The van der Waals surface area contributed by atoms with Crippen LogP contribution < -0.4 is 10.1 Å². The van der Waals surface area contributed by atoms with Crippen molar-refractivity contribution in [3.05, 3.63) is 23.9 Å². The second-order valence-corrected chi connectivity index (χ2v) is 7.99. The third-order valence-corrected chi connectivity index (χ3v) is 4.81. The van der Waals surface area contributed by atoms with Gasteiger partial charge in [-0.25, -0.2) is 9.98 Å². The van der Waals surface area contributed by atoms with Crippen LogP contribution in [0.1, 0.15) is 53.0 Å². The molecule has 6 nitrogen and oxygen atoms in total. The molecule has 7 heteroatoms. The van der Waals surface area contributed by atoms with E-state index in [-0.39, 0.29) is 30.1 Å². The van der Waals surface area contributed by atoms with Gasteiger partial charge in [0.15, 0.2) is 5.96 Å². The van der Waals surface area contributed by atoms with Crippen molar-refractivity contribution in [2.75, 3.05) is 32.8 Å². The van der Waals surface area contributed by atoms with Crippen molar-refractivity contribution in [2.24, 2.45) is 16.8 Å². The first-order chi connectivity index (χ1) is 13.5. The summed E-state index contributed by atoms with van der Waals surface area (Å²) in [5.41, 5.74) is 1.11. The molecule has 2 atom stereocenters. The Bertz CT molecular complexity index is 612. The van der Waals surface area contributed by atoms with Gasteiger partial charge in [0.25, 0.3) is 0 Å². The number of pyridine rings is 1. The Morgan fingerprint density at radius 1 is 1.34 bits per heavy atom. The Morgan fingerprint density at radius 3 is 2.83 bits per heavy atom. The highest BCUT2D eigenvalue weighted by molar-refractivity contribution is 14.0. The van der Waals surface area contributed by atoms with E-state index in [9.17, 15) is 0 Å². The van der Waals surface area contributed by atoms with E-state index in [1.807, 2.05) is 18.3 Å². The predicted octanol–water partition coefficient (Wildman–Crippen LogP) is 4.34. The number of ether oxygens (including phenoxy) is 2. The molecule has 0 amide bonds. The summed E-state index contributed by atoms with van der Waals surface area (Å²) in [5, 5.41) is 3.43. The molecule has 0 aliphatic carbocycles. The molecule has 0 radical (unpaired) electrons. The summed E-state index contributed by atoms with van der Waals surface area (Å²) in [6, 6.07) is 4.01. The number of aliphatic imine (C=N–C) groups is 1. The Morgan fingerprint density at radius 2 is 2.14 bits per heavy atom. The van der Waals surface area contributed by atoms with Gasteiger partial charge >= 0.3 is 0 Å². The second kappa shape index (κ2) is 14.0. The molecule has 0 bridgehead atoms. The van der Waals surface area contributed by atoms with Gasteiger partial charge in [-0.3, -0.25) is 0 Å². The number of nitrogens with zero attached hydrogens (tertiary/aromatic N) is 3. The van der Waals surface area contributed by atoms with Crippen LogP contribution in [0, 0.1) is 11.8 Å². The molecule has 2 rings (SSSR count). The van der Waals surface area contributed by atoms with E-state index in [1.165, 1.54) is 0 Å². The number of hydrogen-bond donors (Lipinski definition) is 1. The van der Waals surface area contributed by atoms with Crippen LogP contribution >= 0.6 is 24.0 Å². The Labute approximate surface area is 193 Å². The third-order valence-electron chi connectivity index (χ3n) is 4.81. The summed E-state index contributed by atoms with van der Waals surface area (Å²) in [6.45, 7) is 15.8. The van der Waals surface area contributed by atoms with Crippen LogP contribution in [-0.2, 0) is 11.3 Å². The van der Waals surface area contributed by atoms with Gasteiger partial charge in [-0.1, -0.05) is 13.8 Å². The summed E-state index contributed by atoms with van der Waals surface area (Å²) in [4.78, 5) is 11.6. The highest BCUT2D eigenvalue weighted by Gasteiger charge is 2.24. The lowest BCUT2D eigenvalue weighted by Crippen LogP contribution is -2.40. The zero-order chi connectivity index (χ0) is 20.4. The minimum absolute atomic E-state index is 0. The van der Waals surface area contributed by atoms with E-state index in [2.05, 4.69) is 49.8 Å². The van der Waals surface area contributed by atoms with Crippen molar-refractivity contribution in [1.82, 2.24) is 15.2 Å². The molecule has 0 saturated carbocycles. The molecule has 1 aromatic heterocycles. The topological polar surface area (TPSA) is 59.0 Å². The molecule has 1 N–H and O–H groups in total. The number of aromatic nitrogens is 1. The lowest BCUT2D eigenvalue weighted by molar-refractivity contribution is 0.114. The van der Waals surface area contributed by atoms with Crippen LogP contribution in [0.4, 0.5) is 0 Å². The summed E-state index contributed by atoms with van der Waals surface area (Å²) >= 11 is 0. The number of nitrogens with one attached hydrogen (secondary N) is 1. The molecule has 1 aliphatic rings. The van der Waals surface area contributed by atoms with Crippen molar-refractivity contribution in [1.29, 1.82) is 0 Å². The van der Waals surface area contributed by atoms with Crippen molar-refractivity contribution in [2.45, 2.75) is 60.1 Å². The first-order valence-corrected chi connectivity index (χ1v) is 10.7. The van der Waals surface area contributed by atoms with Crippen LogP contribution in [0.5, 0.6) is 5.88 Å². The number of rotatable bonds is 10. The molecule has 1 aromatic rings. The fourth-order valence-corrected chi connectivity index (χ4v) is 3.57. The molecule has 166 valence electrons. The molecule has 29 heavy (non-hydrogen) atoms. The van der Waals surface area contributed by atoms with Crippen LogP contribution in [0.3, 0.4) is 0 Å². The smallest absolute Gasteiger partial charge is 0.213 e. The van der Waals surface area contributed by atoms with E-state index in [0.29, 0.717) is 24.3 Å². The maximum Gasteiger partial charge on any atom is 0.213 e. The average molecular weight is 518 g/mol. The summed E-state index contributed by atoms with van der Waals surface area (Å²) in [5.74, 6) is 2.86. The quantitative estimate of drug-likeness (QED) is 0.284. The molecule has 0 spiro atoms. The highest BCUT2D eigenvalue weighted by Crippen LogP contribution is 2.18. The first kappa shape index (κ1) is 25.9. The van der Waals surface area contributed by atoms with Crippen LogP contribution in [0.2, 0.25) is 0 Å². The van der Waals surface area contributed by atoms with E-state index < -0.39 is 0 Å². The largest absolute Gasteiger partial charge is 0.475 e. The number of hydrogen-bond acceptors (Lipinski definition) is 4. The normalized spacial score (nSPS) is 17.9. The fourth-order valence-electron chi connectivity index (χ4n) is 3.57. The van der Waals surface area contributed by atoms with Gasteiger partial charge in [-0.15, -0.1) is 24.0 Å². The van der Waals surface area contributed by atoms with Crippen molar-refractivity contribution in [3.8, 4) is 5.88 Å². The summed E-state index contributed by atoms with van der Waals surface area (Å²) < 4.78 is 11.6. The first-order valence-electron chi connectivity index (χ1n) is 10.7. The monoisotopic (exact) mass is 518 g/mol. The number of guanidine groups is 1. The molecule has 1 saturated heterocycles. The minimum Gasteiger partial charge on any atom is -0.475 e. The molecule has 1 aliphatic heterocycles. The van der Waals surface area contributed by atoms with Gasteiger partial charge in [0, 0.05) is 44.4 Å².